The minimum atomic E-state index is 0.513. The van der Waals surface area contributed by atoms with E-state index >= 15 is 0 Å². The van der Waals surface area contributed by atoms with Crippen molar-refractivity contribution in [2.45, 2.75) is 0 Å². The van der Waals surface area contributed by atoms with Gasteiger partial charge in [-0.25, -0.2) is 0 Å². The van der Waals surface area contributed by atoms with Crippen LogP contribution in [0.4, 0.5) is 0 Å². The van der Waals surface area contributed by atoms with Gasteiger partial charge < -0.3 is 28.4 Å². The van der Waals surface area contributed by atoms with Gasteiger partial charge in [-0.15, -0.1) is 11.6 Å². The highest BCUT2D eigenvalue weighted by Crippen LogP contribution is 1.85. The van der Waals surface area contributed by atoms with Gasteiger partial charge in [0.2, 0.25) is 0 Å². The molecular formula is C14H28BrClO6. The first kappa shape index (κ1) is 22.5. The third-order valence-corrected chi connectivity index (χ3v) is 2.78. The molecule has 0 rings (SSSR count). The Hall–Kier alpha value is 0.530. The molecular weight excluding hydrogens is 380 g/mol. The Bertz CT molecular complexity index is 182. The third kappa shape index (κ3) is 20.5. The highest BCUT2D eigenvalue weighted by Gasteiger charge is 1.93. The maximum atomic E-state index is 5.47. The summed E-state index contributed by atoms with van der Waals surface area (Å²) in [5.41, 5.74) is 0. The van der Waals surface area contributed by atoms with E-state index in [-0.39, 0.29) is 0 Å². The molecule has 0 atom stereocenters. The molecule has 0 aliphatic rings. The van der Waals surface area contributed by atoms with Gasteiger partial charge in [0.15, 0.2) is 0 Å². The van der Waals surface area contributed by atoms with Crippen molar-refractivity contribution in [2.75, 3.05) is 90.5 Å². The summed E-state index contributed by atoms with van der Waals surface area (Å²) in [6.45, 7) is 6.98. The monoisotopic (exact) mass is 406 g/mol. The Morgan fingerprint density at radius 3 is 1.00 bits per heavy atom. The van der Waals surface area contributed by atoms with Crippen LogP contribution in [0.3, 0.4) is 0 Å². The van der Waals surface area contributed by atoms with Crippen molar-refractivity contribution < 1.29 is 28.4 Å². The fraction of sp³-hybridized carbons (Fsp3) is 1.00. The van der Waals surface area contributed by atoms with Crippen LogP contribution in [0.25, 0.3) is 0 Å². The molecule has 0 radical (unpaired) electrons. The number of hydrogen-bond acceptors (Lipinski definition) is 6. The normalized spacial score (nSPS) is 11.2. The van der Waals surface area contributed by atoms with Crippen LogP contribution in [-0.2, 0) is 28.4 Å². The van der Waals surface area contributed by atoms with Crippen LogP contribution < -0.4 is 0 Å². The van der Waals surface area contributed by atoms with Gasteiger partial charge in [-0.1, -0.05) is 15.9 Å². The topological polar surface area (TPSA) is 55.4 Å². The van der Waals surface area contributed by atoms with Gasteiger partial charge in [0.05, 0.1) is 79.3 Å². The number of halogens is 2. The Morgan fingerprint density at radius 2 is 0.727 bits per heavy atom. The zero-order valence-electron chi connectivity index (χ0n) is 13.1. The molecule has 0 aromatic carbocycles. The largest absolute Gasteiger partial charge is 0.378 e. The van der Waals surface area contributed by atoms with Crippen LogP contribution in [-0.4, -0.2) is 90.5 Å². The van der Waals surface area contributed by atoms with Crippen LogP contribution in [0.15, 0.2) is 0 Å². The number of alkyl halides is 2. The van der Waals surface area contributed by atoms with Gasteiger partial charge in [-0.3, -0.25) is 0 Å². The molecule has 0 bridgehead atoms. The molecule has 0 fully saturated rings. The molecule has 0 saturated carbocycles. The smallest absolute Gasteiger partial charge is 0.0701 e. The van der Waals surface area contributed by atoms with Crippen molar-refractivity contribution in [3.8, 4) is 0 Å². The lowest BCUT2D eigenvalue weighted by Gasteiger charge is -2.07. The summed E-state index contributed by atoms with van der Waals surface area (Å²) in [7, 11) is 0. The van der Waals surface area contributed by atoms with E-state index in [1.807, 2.05) is 0 Å². The van der Waals surface area contributed by atoms with Crippen LogP contribution in [0.5, 0.6) is 0 Å². The van der Waals surface area contributed by atoms with Crippen LogP contribution in [0, 0.1) is 0 Å². The maximum absolute atomic E-state index is 5.47. The van der Waals surface area contributed by atoms with Crippen molar-refractivity contribution >= 4 is 27.5 Å². The van der Waals surface area contributed by atoms with Crippen molar-refractivity contribution in [1.82, 2.24) is 0 Å². The molecule has 0 unspecified atom stereocenters. The van der Waals surface area contributed by atoms with Crippen LogP contribution in [0.2, 0.25) is 0 Å². The first-order chi connectivity index (χ1) is 10.9. The summed E-state index contributed by atoms with van der Waals surface area (Å²) >= 11 is 8.75. The first-order valence-electron chi connectivity index (χ1n) is 7.50. The standard InChI is InChI=1S/C14H28BrClO6/c15-1-3-17-5-7-19-9-11-21-13-14-22-12-10-20-8-6-18-4-2-16/h1-14H2. The van der Waals surface area contributed by atoms with E-state index in [9.17, 15) is 0 Å². The number of rotatable bonds is 19. The lowest BCUT2D eigenvalue weighted by Crippen LogP contribution is -2.14. The highest BCUT2D eigenvalue weighted by molar-refractivity contribution is 9.09. The predicted octanol–water partition coefficient (Wildman–Crippen LogP) is 1.72. The zero-order chi connectivity index (χ0) is 16.1. The Morgan fingerprint density at radius 1 is 0.455 bits per heavy atom. The fourth-order valence-corrected chi connectivity index (χ4v) is 1.65. The average molecular weight is 408 g/mol. The van der Waals surface area contributed by atoms with Crippen molar-refractivity contribution in [3.63, 3.8) is 0 Å². The van der Waals surface area contributed by atoms with Gasteiger partial charge in [-0.05, 0) is 0 Å². The molecule has 134 valence electrons. The van der Waals surface area contributed by atoms with E-state index in [1.54, 1.807) is 0 Å². The van der Waals surface area contributed by atoms with Crippen molar-refractivity contribution in [3.05, 3.63) is 0 Å². The molecule has 0 N–H and O–H groups in total. The molecule has 0 aromatic heterocycles. The SMILES string of the molecule is ClCCOCCOCCOCCOCCOCCOCCBr. The summed E-state index contributed by atoms with van der Waals surface area (Å²) in [5, 5.41) is 0.850. The molecule has 0 aliphatic carbocycles. The zero-order valence-corrected chi connectivity index (χ0v) is 15.4. The van der Waals surface area contributed by atoms with Crippen molar-refractivity contribution in [1.29, 1.82) is 0 Å². The molecule has 0 aromatic rings. The van der Waals surface area contributed by atoms with Gasteiger partial charge in [0, 0.05) is 11.2 Å². The number of ether oxygens (including phenoxy) is 6. The van der Waals surface area contributed by atoms with Gasteiger partial charge in [0.1, 0.15) is 0 Å². The van der Waals surface area contributed by atoms with Crippen LogP contribution >= 0.6 is 27.5 Å². The van der Waals surface area contributed by atoms with Crippen LogP contribution in [0.1, 0.15) is 0 Å². The Kier molecular flexibility index (Phi) is 22.0. The van der Waals surface area contributed by atoms with E-state index in [1.165, 1.54) is 0 Å². The second-order valence-electron chi connectivity index (χ2n) is 4.05. The third-order valence-electron chi connectivity index (χ3n) is 2.30. The quantitative estimate of drug-likeness (QED) is 0.240. The van der Waals surface area contributed by atoms with E-state index < -0.39 is 0 Å². The van der Waals surface area contributed by atoms with E-state index in [4.69, 9.17) is 40.0 Å². The van der Waals surface area contributed by atoms with Crippen molar-refractivity contribution in [2.24, 2.45) is 0 Å². The molecule has 6 nitrogen and oxygen atoms in total. The molecule has 8 heteroatoms. The lowest BCUT2D eigenvalue weighted by atomic mass is 10.7. The van der Waals surface area contributed by atoms with E-state index in [2.05, 4.69) is 15.9 Å². The maximum Gasteiger partial charge on any atom is 0.0701 e. The molecule has 0 aliphatic heterocycles. The predicted molar refractivity (Wildman–Crippen MR) is 89.4 cm³/mol. The molecule has 0 saturated heterocycles. The second-order valence-corrected chi connectivity index (χ2v) is 5.22. The molecule has 0 spiro atoms. The fourth-order valence-electron chi connectivity index (χ4n) is 1.31. The van der Waals surface area contributed by atoms with Gasteiger partial charge in [0.25, 0.3) is 0 Å². The molecule has 22 heavy (non-hydrogen) atoms. The highest BCUT2D eigenvalue weighted by atomic mass is 79.9. The summed E-state index contributed by atoms with van der Waals surface area (Å²) < 4.78 is 31.8. The Labute approximate surface area is 146 Å². The first-order valence-corrected chi connectivity index (χ1v) is 9.15. The minimum Gasteiger partial charge on any atom is -0.378 e. The lowest BCUT2D eigenvalue weighted by molar-refractivity contribution is -0.0154. The minimum absolute atomic E-state index is 0.513. The van der Waals surface area contributed by atoms with E-state index in [0.29, 0.717) is 85.2 Å². The second kappa shape index (κ2) is 21.5. The molecule has 0 heterocycles. The summed E-state index contributed by atoms with van der Waals surface area (Å²) in [6.07, 6.45) is 0. The summed E-state index contributed by atoms with van der Waals surface area (Å²) in [4.78, 5) is 0. The van der Waals surface area contributed by atoms with E-state index in [0.717, 1.165) is 5.33 Å². The summed E-state index contributed by atoms with van der Waals surface area (Å²) in [6, 6.07) is 0. The molecule has 0 amide bonds. The summed E-state index contributed by atoms with van der Waals surface area (Å²) in [5.74, 6) is 0.513. The van der Waals surface area contributed by atoms with Gasteiger partial charge >= 0.3 is 0 Å². The average Bonchev–Trinajstić information content (AvgIpc) is 2.54. The number of hydrogen-bond donors (Lipinski definition) is 0. The van der Waals surface area contributed by atoms with Gasteiger partial charge in [-0.2, -0.15) is 0 Å². The Balaban J connectivity index is 2.91.